The number of likely N-dealkylation sites (tertiary alicyclic amines) is 1. The molecule has 3 rings (SSSR count). The Bertz CT molecular complexity index is 367. The van der Waals surface area contributed by atoms with E-state index in [1.165, 1.54) is 38.0 Å². The van der Waals surface area contributed by atoms with E-state index in [2.05, 4.69) is 25.2 Å². The molecule has 17 heavy (non-hydrogen) atoms. The van der Waals surface area contributed by atoms with Crippen molar-refractivity contribution < 1.29 is 0 Å². The minimum absolute atomic E-state index is 0.888. The van der Waals surface area contributed by atoms with E-state index in [1.54, 1.807) is 0 Å². The van der Waals surface area contributed by atoms with Crippen LogP contribution in [0.5, 0.6) is 0 Å². The monoisotopic (exact) mass is 235 g/mol. The third-order valence-corrected chi connectivity index (χ3v) is 3.83. The highest BCUT2D eigenvalue weighted by atomic mass is 15.4. The maximum atomic E-state index is 4.28. The molecule has 0 bridgehead atoms. The summed E-state index contributed by atoms with van der Waals surface area (Å²) in [5.74, 6) is 0. The van der Waals surface area contributed by atoms with E-state index in [1.807, 2.05) is 0 Å². The second-order valence-electron chi connectivity index (χ2n) is 5.04. The Morgan fingerprint density at radius 1 is 1.12 bits per heavy atom. The van der Waals surface area contributed by atoms with E-state index in [0.29, 0.717) is 0 Å². The number of nitrogens with one attached hydrogen (secondary N) is 1. The molecular formula is C12H21N5. The van der Waals surface area contributed by atoms with Crippen molar-refractivity contribution in [2.24, 2.45) is 0 Å². The number of hydrogen-bond donors (Lipinski definition) is 1. The summed E-state index contributed by atoms with van der Waals surface area (Å²) in [6.07, 6.45) is 5.20. The normalized spacial score (nSPS) is 21.4. The quantitative estimate of drug-likeness (QED) is 0.824. The zero-order valence-corrected chi connectivity index (χ0v) is 10.4. The maximum Gasteiger partial charge on any atom is 0.0997 e. The first-order valence-corrected chi connectivity index (χ1v) is 6.78. The molecule has 0 atom stereocenters. The SMILES string of the molecule is C1CCN(CCn2nnc3c2CCNC3)CC1. The van der Waals surface area contributed by atoms with Crippen molar-refractivity contribution in [3.63, 3.8) is 0 Å². The molecule has 94 valence electrons. The van der Waals surface area contributed by atoms with E-state index in [0.717, 1.165) is 38.3 Å². The zero-order chi connectivity index (χ0) is 11.5. The Labute approximate surface area is 102 Å². The van der Waals surface area contributed by atoms with Gasteiger partial charge in [-0.1, -0.05) is 11.6 Å². The van der Waals surface area contributed by atoms with Crippen molar-refractivity contribution in [2.75, 3.05) is 26.2 Å². The summed E-state index contributed by atoms with van der Waals surface area (Å²) in [6.45, 7) is 6.60. The standard InChI is InChI=1S/C12H21N5/c1-2-6-16(7-3-1)8-9-17-12-4-5-13-10-11(12)14-15-17/h13H,1-10H2. The van der Waals surface area contributed by atoms with Crippen LogP contribution in [-0.2, 0) is 19.5 Å². The summed E-state index contributed by atoms with van der Waals surface area (Å²) in [6, 6.07) is 0. The summed E-state index contributed by atoms with van der Waals surface area (Å²) in [5.41, 5.74) is 2.50. The third kappa shape index (κ3) is 2.50. The van der Waals surface area contributed by atoms with Gasteiger partial charge in [0, 0.05) is 26.1 Å². The van der Waals surface area contributed by atoms with Gasteiger partial charge in [-0.2, -0.15) is 0 Å². The zero-order valence-electron chi connectivity index (χ0n) is 10.4. The molecule has 0 spiro atoms. The molecule has 3 heterocycles. The Morgan fingerprint density at radius 2 is 2.00 bits per heavy atom. The van der Waals surface area contributed by atoms with Gasteiger partial charge in [0.15, 0.2) is 0 Å². The Kier molecular flexibility index (Phi) is 3.38. The van der Waals surface area contributed by atoms with Gasteiger partial charge in [0.1, 0.15) is 0 Å². The molecule has 0 radical (unpaired) electrons. The van der Waals surface area contributed by atoms with Crippen molar-refractivity contribution >= 4 is 0 Å². The van der Waals surface area contributed by atoms with Gasteiger partial charge < -0.3 is 10.2 Å². The van der Waals surface area contributed by atoms with Gasteiger partial charge in [-0.3, -0.25) is 0 Å². The van der Waals surface area contributed by atoms with Crippen LogP contribution in [0.1, 0.15) is 30.7 Å². The largest absolute Gasteiger partial charge is 0.311 e. The lowest BCUT2D eigenvalue weighted by molar-refractivity contribution is 0.216. The number of piperidine rings is 1. The number of fused-ring (bicyclic) bond motifs is 1. The van der Waals surface area contributed by atoms with Crippen molar-refractivity contribution in [1.82, 2.24) is 25.2 Å². The van der Waals surface area contributed by atoms with Gasteiger partial charge in [0.25, 0.3) is 0 Å². The van der Waals surface area contributed by atoms with Crippen LogP contribution in [-0.4, -0.2) is 46.1 Å². The predicted octanol–water partition coefficient (Wildman–Crippen LogP) is 0.410. The minimum atomic E-state index is 0.888. The molecule has 5 heteroatoms. The van der Waals surface area contributed by atoms with Crippen molar-refractivity contribution in [3.05, 3.63) is 11.4 Å². The smallest absolute Gasteiger partial charge is 0.0997 e. The fourth-order valence-corrected chi connectivity index (χ4v) is 2.79. The molecule has 0 amide bonds. The van der Waals surface area contributed by atoms with Gasteiger partial charge in [-0.15, -0.1) is 5.10 Å². The lowest BCUT2D eigenvalue weighted by Crippen LogP contribution is -2.33. The summed E-state index contributed by atoms with van der Waals surface area (Å²) in [4.78, 5) is 2.55. The van der Waals surface area contributed by atoms with Crippen LogP contribution in [0.3, 0.4) is 0 Å². The van der Waals surface area contributed by atoms with Crippen LogP contribution in [0, 0.1) is 0 Å². The number of hydrogen-bond acceptors (Lipinski definition) is 4. The fraction of sp³-hybridized carbons (Fsp3) is 0.833. The second-order valence-corrected chi connectivity index (χ2v) is 5.04. The maximum absolute atomic E-state index is 4.28. The molecule has 0 aromatic carbocycles. The third-order valence-electron chi connectivity index (χ3n) is 3.83. The van der Waals surface area contributed by atoms with Gasteiger partial charge in [0.05, 0.1) is 17.9 Å². The van der Waals surface area contributed by atoms with Crippen LogP contribution in [0.25, 0.3) is 0 Å². The lowest BCUT2D eigenvalue weighted by atomic mass is 10.1. The van der Waals surface area contributed by atoms with Crippen molar-refractivity contribution in [2.45, 2.75) is 38.8 Å². The lowest BCUT2D eigenvalue weighted by Gasteiger charge is -2.26. The number of aromatic nitrogens is 3. The average molecular weight is 235 g/mol. The first-order chi connectivity index (χ1) is 8.43. The summed E-state index contributed by atoms with van der Waals surface area (Å²) >= 11 is 0. The highest BCUT2D eigenvalue weighted by Crippen LogP contribution is 2.12. The molecule has 1 N–H and O–H groups in total. The molecule has 2 aliphatic heterocycles. The second kappa shape index (κ2) is 5.14. The molecule has 1 aromatic rings. The fourth-order valence-electron chi connectivity index (χ4n) is 2.79. The number of rotatable bonds is 3. The van der Waals surface area contributed by atoms with E-state index < -0.39 is 0 Å². The van der Waals surface area contributed by atoms with Crippen LogP contribution in [0.4, 0.5) is 0 Å². The van der Waals surface area contributed by atoms with Crippen LogP contribution in [0.15, 0.2) is 0 Å². The van der Waals surface area contributed by atoms with Gasteiger partial charge in [0.2, 0.25) is 0 Å². The molecule has 1 aromatic heterocycles. The first-order valence-electron chi connectivity index (χ1n) is 6.78. The molecule has 0 unspecified atom stereocenters. The van der Waals surface area contributed by atoms with Crippen molar-refractivity contribution in [3.8, 4) is 0 Å². The van der Waals surface area contributed by atoms with E-state index in [-0.39, 0.29) is 0 Å². The average Bonchev–Trinajstić information content (AvgIpc) is 2.81. The van der Waals surface area contributed by atoms with Crippen LogP contribution in [0.2, 0.25) is 0 Å². The summed E-state index contributed by atoms with van der Waals surface area (Å²) in [7, 11) is 0. The highest BCUT2D eigenvalue weighted by Gasteiger charge is 2.17. The molecule has 5 nitrogen and oxygen atoms in total. The first kappa shape index (κ1) is 11.2. The van der Waals surface area contributed by atoms with Gasteiger partial charge >= 0.3 is 0 Å². The topological polar surface area (TPSA) is 46.0 Å². The van der Waals surface area contributed by atoms with Crippen LogP contribution < -0.4 is 5.32 Å². The molecule has 0 aliphatic carbocycles. The number of nitrogens with zero attached hydrogens (tertiary/aromatic N) is 4. The Morgan fingerprint density at radius 3 is 2.88 bits per heavy atom. The molecule has 2 aliphatic rings. The van der Waals surface area contributed by atoms with E-state index in [4.69, 9.17) is 0 Å². The summed E-state index contributed by atoms with van der Waals surface area (Å²) < 4.78 is 2.12. The van der Waals surface area contributed by atoms with E-state index in [9.17, 15) is 0 Å². The summed E-state index contributed by atoms with van der Waals surface area (Å²) in [5, 5.41) is 11.9. The van der Waals surface area contributed by atoms with Crippen LogP contribution >= 0.6 is 0 Å². The Hall–Kier alpha value is -0.940. The van der Waals surface area contributed by atoms with Gasteiger partial charge in [-0.25, -0.2) is 4.68 Å². The minimum Gasteiger partial charge on any atom is -0.311 e. The van der Waals surface area contributed by atoms with Gasteiger partial charge in [-0.05, 0) is 25.9 Å². The molecule has 0 saturated carbocycles. The van der Waals surface area contributed by atoms with E-state index >= 15 is 0 Å². The molecule has 1 fully saturated rings. The Balaban J connectivity index is 1.59. The molecule has 1 saturated heterocycles. The highest BCUT2D eigenvalue weighted by molar-refractivity contribution is 5.13. The predicted molar refractivity (Wildman–Crippen MR) is 65.7 cm³/mol. The molecular weight excluding hydrogens is 214 g/mol. The van der Waals surface area contributed by atoms with Crippen molar-refractivity contribution in [1.29, 1.82) is 0 Å².